The van der Waals surface area contributed by atoms with Crippen molar-refractivity contribution in [2.45, 2.75) is 25.8 Å². The average molecular weight is 532 g/mol. The van der Waals surface area contributed by atoms with Gasteiger partial charge in [-0.2, -0.15) is 0 Å². The number of amides is 2. The predicted molar refractivity (Wildman–Crippen MR) is 141 cm³/mol. The van der Waals surface area contributed by atoms with Gasteiger partial charge in [0.1, 0.15) is 6.54 Å². The van der Waals surface area contributed by atoms with Crippen molar-refractivity contribution in [2.75, 3.05) is 32.8 Å². The van der Waals surface area contributed by atoms with Crippen LogP contribution in [0.25, 0.3) is 0 Å². The lowest BCUT2D eigenvalue weighted by atomic mass is 9.93. The summed E-state index contributed by atoms with van der Waals surface area (Å²) in [4.78, 5) is 31.9. The summed E-state index contributed by atoms with van der Waals surface area (Å²) in [7, 11) is 0. The number of rotatable bonds is 9. The van der Waals surface area contributed by atoms with E-state index in [9.17, 15) is 9.59 Å². The zero-order valence-corrected chi connectivity index (χ0v) is 21.9. The van der Waals surface area contributed by atoms with Crippen LogP contribution in [0.15, 0.2) is 60.0 Å². The molecule has 0 saturated carbocycles. The number of hydrogen-bond donors (Lipinski definition) is 0. The van der Waals surface area contributed by atoms with Gasteiger partial charge in [-0.15, -0.1) is 11.3 Å². The largest absolute Gasteiger partial charge is 0.382 e. The van der Waals surface area contributed by atoms with Gasteiger partial charge < -0.3 is 14.5 Å². The Bertz CT molecular complexity index is 1170. The molecular formula is C27H28Cl2N2O3S. The van der Waals surface area contributed by atoms with Crippen LogP contribution < -0.4 is 0 Å². The first-order chi connectivity index (χ1) is 17.0. The topological polar surface area (TPSA) is 49.9 Å². The number of benzene rings is 2. The minimum Gasteiger partial charge on any atom is -0.382 e. The molecule has 0 aliphatic carbocycles. The van der Waals surface area contributed by atoms with Crippen molar-refractivity contribution in [1.82, 2.24) is 9.80 Å². The van der Waals surface area contributed by atoms with Crippen molar-refractivity contribution < 1.29 is 14.3 Å². The van der Waals surface area contributed by atoms with E-state index in [1.54, 1.807) is 40.5 Å². The predicted octanol–water partition coefficient (Wildman–Crippen LogP) is 6.10. The van der Waals surface area contributed by atoms with E-state index in [0.717, 1.165) is 17.5 Å². The molecule has 5 nitrogen and oxygen atoms in total. The van der Waals surface area contributed by atoms with E-state index in [1.807, 2.05) is 36.1 Å². The van der Waals surface area contributed by atoms with Crippen LogP contribution in [-0.4, -0.2) is 54.5 Å². The summed E-state index contributed by atoms with van der Waals surface area (Å²) in [6.07, 6.45) is 1.44. The molecule has 0 bridgehead atoms. The van der Waals surface area contributed by atoms with Crippen molar-refractivity contribution in [2.24, 2.45) is 0 Å². The number of fused-ring (bicyclic) bond motifs is 1. The molecule has 4 rings (SSSR count). The molecule has 2 aromatic carbocycles. The van der Waals surface area contributed by atoms with Crippen LogP contribution in [0.5, 0.6) is 0 Å². The number of thiophene rings is 1. The summed E-state index contributed by atoms with van der Waals surface area (Å²) in [6.45, 7) is 4.07. The van der Waals surface area contributed by atoms with Gasteiger partial charge in [0.05, 0.1) is 6.04 Å². The molecule has 1 aliphatic heterocycles. The van der Waals surface area contributed by atoms with Gasteiger partial charge in [0.2, 0.25) is 5.91 Å². The fourth-order valence-electron chi connectivity index (χ4n) is 4.40. The Kier molecular flexibility index (Phi) is 8.84. The first-order valence-corrected chi connectivity index (χ1v) is 13.3. The lowest BCUT2D eigenvalue weighted by Crippen LogP contribution is -2.47. The van der Waals surface area contributed by atoms with Crippen LogP contribution in [0, 0.1) is 0 Å². The maximum Gasteiger partial charge on any atom is 0.254 e. The van der Waals surface area contributed by atoms with E-state index < -0.39 is 0 Å². The molecule has 0 fully saturated rings. The molecular weight excluding hydrogens is 503 g/mol. The van der Waals surface area contributed by atoms with Crippen LogP contribution >= 0.6 is 34.5 Å². The van der Waals surface area contributed by atoms with E-state index in [-0.39, 0.29) is 24.4 Å². The van der Waals surface area contributed by atoms with Crippen molar-refractivity contribution in [3.63, 3.8) is 0 Å². The monoisotopic (exact) mass is 530 g/mol. The number of ether oxygens (including phenoxy) is 1. The fraction of sp³-hybridized carbons (Fsp3) is 0.333. The number of halogens is 2. The molecule has 2 amide bonds. The van der Waals surface area contributed by atoms with Crippen LogP contribution in [0.2, 0.25) is 10.0 Å². The van der Waals surface area contributed by atoms with Crippen LogP contribution in [0.4, 0.5) is 0 Å². The maximum atomic E-state index is 13.7. The van der Waals surface area contributed by atoms with Gasteiger partial charge in [-0.05, 0) is 72.7 Å². The Morgan fingerprint density at radius 2 is 1.91 bits per heavy atom. The van der Waals surface area contributed by atoms with Crippen LogP contribution in [-0.2, 0) is 16.0 Å². The van der Waals surface area contributed by atoms with Gasteiger partial charge in [0.15, 0.2) is 0 Å². The first-order valence-electron chi connectivity index (χ1n) is 11.7. The van der Waals surface area contributed by atoms with Crippen LogP contribution in [0.3, 0.4) is 0 Å². The van der Waals surface area contributed by atoms with Crippen molar-refractivity contribution in [1.29, 1.82) is 0 Å². The van der Waals surface area contributed by atoms with E-state index in [0.29, 0.717) is 48.3 Å². The van der Waals surface area contributed by atoms with Crippen molar-refractivity contribution >= 4 is 46.4 Å². The number of carbonyl (C=O) groups is 2. The highest BCUT2D eigenvalue weighted by Crippen LogP contribution is 2.38. The molecule has 1 atom stereocenters. The number of carbonyl (C=O) groups excluding carboxylic acids is 2. The standard InChI is InChI=1S/C27H28Cl2N2O3S/c1-2-34-15-4-13-30(27(33)20-5-3-6-22(29)17-20)18-25(32)31-14-11-24-23(12-16-35-24)26(31)19-7-9-21(28)10-8-19/h3,5-10,12,16-17,26H,2,4,11,13-15,18H2,1H3/t26-/m0/s1. The van der Waals surface area contributed by atoms with Gasteiger partial charge in [-0.25, -0.2) is 0 Å². The molecule has 8 heteroatoms. The zero-order chi connectivity index (χ0) is 24.8. The Labute approximate surface area is 220 Å². The van der Waals surface area contributed by atoms with E-state index in [2.05, 4.69) is 11.4 Å². The molecule has 1 aliphatic rings. The summed E-state index contributed by atoms with van der Waals surface area (Å²) >= 11 is 14.0. The summed E-state index contributed by atoms with van der Waals surface area (Å²) < 4.78 is 5.46. The molecule has 2 heterocycles. The summed E-state index contributed by atoms with van der Waals surface area (Å²) in [5, 5.41) is 3.21. The summed E-state index contributed by atoms with van der Waals surface area (Å²) in [5.41, 5.74) is 2.61. The third-order valence-corrected chi connectivity index (χ3v) is 7.56. The molecule has 184 valence electrons. The lowest BCUT2D eigenvalue weighted by Gasteiger charge is -2.37. The molecule has 0 spiro atoms. The van der Waals surface area contributed by atoms with Gasteiger partial charge >= 0.3 is 0 Å². The fourth-order valence-corrected chi connectivity index (χ4v) is 5.62. The lowest BCUT2D eigenvalue weighted by molar-refractivity contribution is -0.134. The van der Waals surface area contributed by atoms with Gasteiger partial charge in [0.25, 0.3) is 5.91 Å². The SMILES string of the molecule is CCOCCCN(CC(=O)N1CCc2sccc2[C@@H]1c1ccc(Cl)cc1)C(=O)c1cccc(Cl)c1. The molecule has 0 N–H and O–H groups in total. The first kappa shape index (κ1) is 25.7. The van der Waals surface area contributed by atoms with E-state index in [4.69, 9.17) is 27.9 Å². The van der Waals surface area contributed by atoms with Gasteiger partial charge in [-0.3, -0.25) is 9.59 Å². The normalized spacial score (nSPS) is 15.1. The van der Waals surface area contributed by atoms with E-state index >= 15 is 0 Å². The quantitative estimate of drug-likeness (QED) is 0.314. The number of nitrogens with zero attached hydrogens (tertiary/aromatic N) is 2. The van der Waals surface area contributed by atoms with Crippen LogP contribution in [0.1, 0.15) is 45.7 Å². The maximum absolute atomic E-state index is 13.7. The second kappa shape index (κ2) is 12.0. The third kappa shape index (κ3) is 6.25. The average Bonchev–Trinajstić information content (AvgIpc) is 3.34. The summed E-state index contributed by atoms with van der Waals surface area (Å²) in [5.74, 6) is -0.304. The molecule has 0 radical (unpaired) electrons. The van der Waals surface area contributed by atoms with Gasteiger partial charge in [0, 0.05) is 46.8 Å². The Morgan fingerprint density at radius 1 is 1.11 bits per heavy atom. The Morgan fingerprint density at radius 3 is 2.66 bits per heavy atom. The highest BCUT2D eigenvalue weighted by Gasteiger charge is 2.34. The van der Waals surface area contributed by atoms with Crippen molar-refractivity contribution in [3.8, 4) is 0 Å². The Balaban J connectivity index is 1.58. The zero-order valence-electron chi connectivity index (χ0n) is 19.6. The summed E-state index contributed by atoms with van der Waals surface area (Å²) in [6, 6.07) is 16.4. The molecule has 0 saturated heterocycles. The minimum atomic E-state index is -0.214. The highest BCUT2D eigenvalue weighted by molar-refractivity contribution is 7.10. The van der Waals surface area contributed by atoms with Crippen molar-refractivity contribution in [3.05, 3.63) is 91.6 Å². The molecule has 0 unspecified atom stereocenters. The second-order valence-corrected chi connectivity index (χ2v) is 10.3. The van der Waals surface area contributed by atoms with Gasteiger partial charge in [-0.1, -0.05) is 41.4 Å². The third-order valence-electron chi connectivity index (χ3n) is 6.08. The Hall–Kier alpha value is -2.38. The van der Waals surface area contributed by atoms with E-state index in [1.165, 1.54) is 4.88 Å². The smallest absolute Gasteiger partial charge is 0.254 e. The molecule has 1 aromatic heterocycles. The molecule has 3 aromatic rings. The second-order valence-electron chi connectivity index (χ2n) is 8.38. The number of hydrogen-bond acceptors (Lipinski definition) is 4. The highest BCUT2D eigenvalue weighted by atomic mass is 35.5. The molecule has 35 heavy (non-hydrogen) atoms. The minimum absolute atomic E-state index is 0.0129.